The monoisotopic (exact) mass is 285 g/mol. The zero-order valence-corrected chi connectivity index (χ0v) is 12.7. The van der Waals surface area contributed by atoms with Gasteiger partial charge in [-0.2, -0.15) is 0 Å². The van der Waals surface area contributed by atoms with Gasteiger partial charge in [-0.15, -0.1) is 0 Å². The first-order chi connectivity index (χ1) is 10.2. The van der Waals surface area contributed by atoms with Crippen molar-refractivity contribution in [1.82, 2.24) is 4.98 Å². The number of benzene rings is 1. The van der Waals surface area contributed by atoms with Crippen LogP contribution in [0, 0.1) is 6.92 Å². The minimum absolute atomic E-state index is 0.510. The number of rotatable bonds is 7. The van der Waals surface area contributed by atoms with Crippen LogP contribution in [-0.4, -0.2) is 16.7 Å². The van der Waals surface area contributed by atoms with Crippen LogP contribution in [0.25, 0.3) is 0 Å². The molecule has 0 bridgehead atoms. The molecule has 1 N–H and O–H groups in total. The maximum Gasteiger partial charge on any atom is 0.137 e. The Bertz CT molecular complexity index is 551. The standard InChI is InChI=1S/C18H23NO2/c1-3-10-21-17-11-16(12-19-13-17)18(20)9-8-15-6-4-14(2)5-7-15/h4-7,11-13,18,20H,3,8-10H2,1-2H3. The van der Waals surface area contributed by atoms with Crippen LogP contribution in [-0.2, 0) is 6.42 Å². The SMILES string of the molecule is CCCOc1cncc(C(O)CCc2ccc(C)cc2)c1. The van der Waals surface area contributed by atoms with Gasteiger partial charge in [0.1, 0.15) is 5.75 Å². The maximum atomic E-state index is 10.3. The van der Waals surface area contributed by atoms with E-state index in [0.29, 0.717) is 13.0 Å². The average molecular weight is 285 g/mol. The lowest BCUT2D eigenvalue weighted by atomic mass is 10.0. The Morgan fingerprint density at radius 3 is 2.67 bits per heavy atom. The fourth-order valence-corrected chi connectivity index (χ4v) is 2.14. The van der Waals surface area contributed by atoms with E-state index < -0.39 is 6.10 Å². The summed E-state index contributed by atoms with van der Waals surface area (Å²) in [5.41, 5.74) is 3.31. The summed E-state index contributed by atoms with van der Waals surface area (Å²) in [6.07, 6.45) is 5.37. The summed E-state index contributed by atoms with van der Waals surface area (Å²) in [6.45, 7) is 4.81. The van der Waals surface area contributed by atoms with E-state index in [1.165, 1.54) is 11.1 Å². The molecule has 3 heteroatoms. The number of hydrogen-bond donors (Lipinski definition) is 1. The van der Waals surface area contributed by atoms with Crippen LogP contribution in [0.5, 0.6) is 5.75 Å². The number of aromatic nitrogens is 1. The number of aryl methyl sites for hydroxylation is 2. The van der Waals surface area contributed by atoms with Gasteiger partial charge in [-0.3, -0.25) is 4.98 Å². The first-order valence-electron chi connectivity index (χ1n) is 7.50. The van der Waals surface area contributed by atoms with Crippen molar-refractivity contribution in [3.05, 3.63) is 59.4 Å². The summed E-state index contributed by atoms with van der Waals surface area (Å²) in [5, 5.41) is 10.3. The zero-order chi connectivity index (χ0) is 15.1. The summed E-state index contributed by atoms with van der Waals surface area (Å²) in [7, 11) is 0. The summed E-state index contributed by atoms with van der Waals surface area (Å²) in [6, 6.07) is 10.3. The lowest BCUT2D eigenvalue weighted by molar-refractivity contribution is 0.167. The average Bonchev–Trinajstić information content (AvgIpc) is 2.52. The third-order valence-electron chi connectivity index (χ3n) is 3.42. The second-order valence-corrected chi connectivity index (χ2v) is 5.34. The van der Waals surface area contributed by atoms with Gasteiger partial charge >= 0.3 is 0 Å². The highest BCUT2D eigenvalue weighted by molar-refractivity contribution is 5.26. The molecule has 1 atom stereocenters. The number of pyridine rings is 1. The molecule has 0 spiro atoms. The molecule has 1 aromatic heterocycles. The number of ether oxygens (including phenoxy) is 1. The van der Waals surface area contributed by atoms with E-state index in [1.807, 2.05) is 6.07 Å². The summed E-state index contributed by atoms with van der Waals surface area (Å²) in [4.78, 5) is 4.14. The predicted octanol–water partition coefficient (Wildman–Crippen LogP) is 3.85. The first-order valence-corrected chi connectivity index (χ1v) is 7.50. The predicted molar refractivity (Wildman–Crippen MR) is 84.5 cm³/mol. The van der Waals surface area contributed by atoms with Gasteiger partial charge in [0.2, 0.25) is 0 Å². The van der Waals surface area contributed by atoms with Crippen molar-refractivity contribution in [3.8, 4) is 5.75 Å². The van der Waals surface area contributed by atoms with Gasteiger partial charge in [0, 0.05) is 11.8 Å². The molecule has 0 amide bonds. The van der Waals surface area contributed by atoms with Crippen LogP contribution in [0.4, 0.5) is 0 Å². The second kappa shape index (κ2) is 7.79. The van der Waals surface area contributed by atoms with Gasteiger partial charge in [0.25, 0.3) is 0 Å². The van der Waals surface area contributed by atoms with Gasteiger partial charge < -0.3 is 9.84 Å². The van der Waals surface area contributed by atoms with E-state index in [4.69, 9.17) is 4.74 Å². The second-order valence-electron chi connectivity index (χ2n) is 5.34. The first kappa shape index (κ1) is 15.5. The number of nitrogens with zero attached hydrogens (tertiary/aromatic N) is 1. The third-order valence-corrected chi connectivity index (χ3v) is 3.42. The van der Waals surface area contributed by atoms with Crippen LogP contribution in [0.3, 0.4) is 0 Å². The van der Waals surface area contributed by atoms with E-state index in [1.54, 1.807) is 12.4 Å². The van der Waals surface area contributed by atoms with Crippen LogP contribution >= 0.6 is 0 Å². The van der Waals surface area contributed by atoms with Gasteiger partial charge in [0.15, 0.2) is 0 Å². The highest BCUT2D eigenvalue weighted by atomic mass is 16.5. The topological polar surface area (TPSA) is 42.4 Å². The van der Waals surface area contributed by atoms with Crippen LogP contribution in [0.1, 0.15) is 42.6 Å². The molecule has 0 fully saturated rings. The highest BCUT2D eigenvalue weighted by Crippen LogP contribution is 2.22. The molecule has 2 rings (SSSR count). The van der Waals surface area contributed by atoms with E-state index >= 15 is 0 Å². The molecule has 3 nitrogen and oxygen atoms in total. The highest BCUT2D eigenvalue weighted by Gasteiger charge is 2.09. The van der Waals surface area contributed by atoms with Crippen LogP contribution in [0.2, 0.25) is 0 Å². The van der Waals surface area contributed by atoms with Crippen LogP contribution < -0.4 is 4.74 Å². The molecule has 0 aliphatic carbocycles. The summed E-state index contributed by atoms with van der Waals surface area (Å²) < 4.78 is 5.55. The summed E-state index contributed by atoms with van der Waals surface area (Å²) >= 11 is 0. The van der Waals surface area contributed by atoms with Gasteiger partial charge in [-0.25, -0.2) is 0 Å². The van der Waals surface area contributed by atoms with Crippen molar-refractivity contribution < 1.29 is 9.84 Å². The molecule has 1 aromatic carbocycles. The fourth-order valence-electron chi connectivity index (χ4n) is 2.14. The zero-order valence-electron chi connectivity index (χ0n) is 12.7. The minimum atomic E-state index is -0.510. The molecular formula is C18H23NO2. The molecule has 0 radical (unpaired) electrons. The smallest absolute Gasteiger partial charge is 0.137 e. The number of aliphatic hydroxyl groups excluding tert-OH is 1. The Kier molecular flexibility index (Phi) is 5.76. The molecule has 1 unspecified atom stereocenters. The Morgan fingerprint density at radius 1 is 1.19 bits per heavy atom. The number of hydrogen-bond acceptors (Lipinski definition) is 3. The lowest BCUT2D eigenvalue weighted by Gasteiger charge is -2.12. The Morgan fingerprint density at radius 2 is 1.95 bits per heavy atom. The van der Waals surface area contributed by atoms with Crippen molar-refractivity contribution in [1.29, 1.82) is 0 Å². The molecule has 0 aliphatic heterocycles. The molecule has 0 aliphatic rings. The van der Waals surface area contributed by atoms with Gasteiger partial charge in [0.05, 0.1) is 18.9 Å². The molecule has 2 aromatic rings. The minimum Gasteiger partial charge on any atom is -0.492 e. The van der Waals surface area contributed by atoms with Crippen molar-refractivity contribution in [2.24, 2.45) is 0 Å². The Balaban J connectivity index is 1.93. The number of aliphatic hydroxyl groups is 1. The van der Waals surface area contributed by atoms with Gasteiger partial charge in [-0.05, 0) is 37.8 Å². The van der Waals surface area contributed by atoms with E-state index in [-0.39, 0.29) is 0 Å². The Labute approximate surface area is 126 Å². The molecular weight excluding hydrogens is 262 g/mol. The quantitative estimate of drug-likeness (QED) is 0.840. The van der Waals surface area contributed by atoms with E-state index in [0.717, 1.165) is 24.2 Å². The molecule has 0 saturated carbocycles. The van der Waals surface area contributed by atoms with Crippen molar-refractivity contribution in [3.63, 3.8) is 0 Å². The fraction of sp³-hybridized carbons (Fsp3) is 0.389. The van der Waals surface area contributed by atoms with E-state index in [2.05, 4.69) is 43.1 Å². The van der Waals surface area contributed by atoms with E-state index in [9.17, 15) is 5.11 Å². The summed E-state index contributed by atoms with van der Waals surface area (Å²) in [5.74, 6) is 0.726. The van der Waals surface area contributed by atoms with Crippen molar-refractivity contribution in [2.75, 3.05) is 6.61 Å². The normalized spacial score (nSPS) is 12.1. The largest absolute Gasteiger partial charge is 0.492 e. The van der Waals surface area contributed by atoms with Crippen molar-refractivity contribution >= 4 is 0 Å². The van der Waals surface area contributed by atoms with Crippen molar-refractivity contribution in [2.45, 2.75) is 39.2 Å². The molecule has 1 heterocycles. The molecule has 112 valence electrons. The molecule has 21 heavy (non-hydrogen) atoms. The Hall–Kier alpha value is -1.87. The lowest BCUT2D eigenvalue weighted by Crippen LogP contribution is -2.02. The maximum absolute atomic E-state index is 10.3. The van der Waals surface area contributed by atoms with Gasteiger partial charge in [-0.1, -0.05) is 36.8 Å². The molecule has 0 saturated heterocycles. The van der Waals surface area contributed by atoms with Crippen LogP contribution in [0.15, 0.2) is 42.7 Å². The third kappa shape index (κ3) is 4.87.